The van der Waals surface area contributed by atoms with Gasteiger partial charge in [0.15, 0.2) is 0 Å². The van der Waals surface area contributed by atoms with Crippen LogP contribution in [0.3, 0.4) is 0 Å². The number of urea groups is 1. The molecular formula is C22H19FN4O2. The summed E-state index contributed by atoms with van der Waals surface area (Å²) in [4.78, 5) is 31.0. The summed E-state index contributed by atoms with van der Waals surface area (Å²) in [5.41, 5.74) is 3.29. The zero-order valence-electron chi connectivity index (χ0n) is 15.9. The first kappa shape index (κ1) is 18.6. The summed E-state index contributed by atoms with van der Waals surface area (Å²) in [5.74, 6) is -0.743. The first-order valence-corrected chi connectivity index (χ1v) is 9.10. The van der Waals surface area contributed by atoms with E-state index in [1.54, 1.807) is 25.4 Å². The van der Waals surface area contributed by atoms with E-state index in [4.69, 9.17) is 0 Å². The molecule has 0 bridgehead atoms. The number of halogens is 1. The predicted octanol–water partition coefficient (Wildman–Crippen LogP) is 3.90. The SMILES string of the molecule is Cc1ccc2ncccc2c1NC(=O)C1=CN(C)C(=O)N[C@H]1c1ccc(F)cc1. The van der Waals surface area contributed by atoms with E-state index >= 15 is 0 Å². The first-order chi connectivity index (χ1) is 13.9. The van der Waals surface area contributed by atoms with Crippen molar-refractivity contribution in [2.75, 3.05) is 12.4 Å². The van der Waals surface area contributed by atoms with E-state index in [1.807, 2.05) is 31.2 Å². The number of rotatable bonds is 3. The molecule has 1 aromatic heterocycles. The molecule has 0 aliphatic carbocycles. The van der Waals surface area contributed by atoms with Gasteiger partial charge in [-0.25, -0.2) is 9.18 Å². The summed E-state index contributed by atoms with van der Waals surface area (Å²) in [6, 6.07) is 12.2. The minimum absolute atomic E-state index is 0.346. The molecule has 0 radical (unpaired) electrons. The van der Waals surface area contributed by atoms with Crippen LogP contribution in [0.15, 0.2) is 66.5 Å². The molecule has 146 valence electrons. The van der Waals surface area contributed by atoms with Crippen molar-refractivity contribution in [1.82, 2.24) is 15.2 Å². The Morgan fingerprint density at radius 2 is 1.93 bits per heavy atom. The number of carbonyl (C=O) groups excluding carboxylic acids is 2. The first-order valence-electron chi connectivity index (χ1n) is 9.10. The fourth-order valence-corrected chi connectivity index (χ4v) is 3.37. The van der Waals surface area contributed by atoms with Gasteiger partial charge >= 0.3 is 6.03 Å². The molecule has 7 heteroatoms. The van der Waals surface area contributed by atoms with Gasteiger partial charge in [0, 0.05) is 24.8 Å². The van der Waals surface area contributed by atoms with E-state index in [0.29, 0.717) is 16.8 Å². The molecule has 4 rings (SSSR count). The maximum atomic E-state index is 13.3. The molecule has 0 saturated carbocycles. The van der Waals surface area contributed by atoms with E-state index in [-0.39, 0.29) is 17.8 Å². The van der Waals surface area contributed by atoms with Crippen molar-refractivity contribution in [3.63, 3.8) is 0 Å². The van der Waals surface area contributed by atoms with Gasteiger partial charge in [0.05, 0.1) is 22.8 Å². The van der Waals surface area contributed by atoms with Crippen molar-refractivity contribution in [2.45, 2.75) is 13.0 Å². The molecule has 2 aromatic carbocycles. The number of carbonyl (C=O) groups is 2. The van der Waals surface area contributed by atoms with Crippen molar-refractivity contribution in [2.24, 2.45) is 0 Å². The van der Waals surface area contributed by atoms with Gasteiger partial charge in [-0.05, 0) is 48.4 Å². The third-order valence-corrected chi connectivity index (χ3v) is 4.93. The number of benzene rings is 2. The van der Waals surface area contributed by atoms with Crippen LogP contribution in [0, 0.1) is 12.7 Å². The highest BCUT2D eigenvalue weighted by molar-refractivity contribution is 6.10. The second-order valence-electron chi connectivity index (χ2n) is 6.91. The van der Waals surface area contributed by atoms with E-state index in [9.17, 15) is 14.0 Å². The Kier molecular flexibility index (Phi) is 4.72. The predicted molar refractivity (Wildman–Crippen MR) is 109 cm³/mol. The van der Waals surface area contributed by atoms with Crippen molar-refractivity contribution in [3.05, 3.63) is 83.4 Å². The average Bonchev–Trinajstić information content (AvgIpc) is 2.72. The number of fused-ring (bicyclic) bond motifs is 1. The third-order valence-electron chi connectivity index (χ3n) is 4.93. The van der Waals surface area contributed by atoms with Crippen LogP contribution in [0.25, 0.3) is 10.9 Å². The number of aryl methyl sites for hydroxylation is 1. The maximum absolute atomic E-state index is 13.3. The normalized spacial score (nSPS) is 16.4. The molecule has 1 aliphatic heterocycles. The largest absolute Gasteiger partial charge is 0.327 e. The third kappa shape index (κ3) is 3.54. The molecule has 0 spiro atoms. The number of hydrogen-bond acceptors (Lipinski definition) is 3. The van der Waals surface area contributed by atoms with E-state index in [2.05, 4.69) is 15.6 Å². The van der Waals surface area contributed by atoms with Crippen molar-refractivity contribution in [3.8, 4) is 0 Å². The smallest absolute Gasteiger partial charge is 0.321 e. The maximum Gasteiger partial charge on any atom is 0.321 e. The topological polar surface area (TPSA) is 74.3 Å². The van der Waals surface area contributed by atoms with Gasteiger partial charge in [0.1, 0.15) is 5.82 Å². The highest BCUT2D eigenvalue weighted by Gasteiger charge is 2.31. The van der Waals surface area contributed by atoms with Crippen LogP contribution in [0.2, 0.25) is 0 Å². The number of nitrogens with zero attached hydrogens (tertiary/aromatic N) is 2. The van der Waals surface area contributed by atoms with E-state index in [0.717, 1.165) is 16.5 Å². The molecule has 2 heterocycles. The lowest BCUT2D eigenvalue weighted by atomic mass is 9.96. The van der Waals surface area contributed by atoms with Gasteiger partial charge in [0.25, 0.3) is 5.91 Å². The minimum Gasteiger partial charge on any atom is -0.327 e. The van der Waals surface area contributed by atoms with Crippen molar-refractivity contribution in [1.29, 1.82) is 0 Å². The lowest BCUT2D eigenvalue weighted by Gasteiger charge is -2.30. The van der Waals surface area contributed by atoms with Crippen LogP contribution in [-0.4, -0.2) is 28.9 Å². The summed E-state index contributed by atoms with van der Waals surface area (Å²) in [5, 5.41) is 6.59. The van der Waals surface area contributed by atoms with Gasteiger partial charge in [-0.2, -0.15) is 0 Å². The monoisotopic (exact) mass is 390 g/mol. The Morgan fingerprint density at radius 1 is 1.17 bits per heavy atom. The quantitative estimate of drug-likeness (QED) is 0.712. The van der Waals surface area contributed by atoms with E-state index in [1.165, 1.54) is 23.2 Å². The fraction of sp³-hybridized carbons (Fsp3) is 0.136. The number of nitrogens with one attached hydrogen (secondary N) is 2. The molecule has 2 N–H and O–H groups in total. The van der Waals surface area contributed by atoms with Gasteiger partial charge in [-0.1, -0.05) is 18.2 Å². The summed E-state index contributed by atoms with van der Waals surface area (Å²) >= 11 is 0. The zero-order valence-corrected chi connectivity index (χ0v) is 15.9. The molecule has 3 aromatic rings. The van der Waals surface area contributed by atoms with Gasteiger partial charge in [0.2, 0.25) is 0 Å². The Balaban J connectivity index is 1.72. The molecule has 0 saturated heterocycles. The molecule has 0 fully saturated rings. The summed E-state index contributed by atoms with van der Waals surface area (Å²) in [7, 11) is 1.57. The fourth-order valence-electron chi connectivity index (χ4n) is 3.37. The van der Waals surface area contributed by atoms with Crippen LogP contribution < -0.4 is 10.6 Å². The summed E-state index contributed by atoms with van der Waals surface area (Å²) < 4.78 is 13.3. The Labute approximate surface area is 167 Å². The average molecular weight is 390 g/mol. The van der Waals surface area contributed by atoms with Crippen LogP contribution in [0.4, 0.5) is 14.9 Å². The minimum atomic E-state index is -0.687. The van der Waals surface area contributed by atoms with Crippen molar-refractivity contribution >= 4 is 28.5 Å². The molecule has 1 aliphatic rings. The lowest BCUT2D eigenvalue weighted by Crippen LogP contribution is -2.44. The van der Waals surface area contributed by atoms with Crippen LogP contribution in [0.5, 0.6) is 0 Å². The molecule has 29 heavy (non-hydrogen) atoms. The standard InChI is InChI=1S/C22H19FN4O2/c1-13-5-10-18-16(4-3-11-24-18)19(13)25-21(28)17-12-27(2)22(29)26-20(17)14-6-8-15(23)9-7-14/h3-12,20H,1-2H3,(H,25,28)(H,26,29)/t20-/m0/s1. The molecule has 6 nitrogen and oxygen atoms in total. The Bertz CT molecular complexity index is 1140. The second-order valence-corrected chi connectivity index (χ2v) is 6.91. The number of hydrogen-bond donors (Lipinski definition) is 2. The number of anilines is 1. The highest BCUT2D eigenvalue weighted by atomic mass is 19.1. The number of aromatic nitrogens is 1. The zero-order chi connectivity index (χ0) is 20.5. The van der Waals surface area contributed by atoms with Crippen LogP contribution in [-0.2, 0) is 4.79 Å². The molecule has 3 amide bonds. The Hall–Kier alpha value is -3.74. The van der Waals surface area contributed by atoms with Gasteiger partial charge in [-0.15, -0.1) is 0 Å². The lowest BCUT2D eigenvalue weighted by molar-refractivity contribution is -0.113. The molecule has 1 atom stereocenters. The number of amides is 3. The van der Waals surface area contributed by atoms with Crippen molar-refractivity contribution < 1.29 is 14.0 Å². The number of pyridine rings is 1. The highest BCUT2D eigenvalue weighted by Crippen LogP contribution is 2.30. The van der Waals surface area contributed by atoms with Gasteiger partial charge < -0.3 is 15.5 Å². The van der Waals surface area contributed by atoms with Crippen LogP contribution in [0.1, 0.15) is 17.2 Å². The van der Waals surface area contributed by atoms with E-state index < -0.39 is 6.04 Å². The molecule has 0 unspecified atom stereocenters. The Morgan fingerprint density at radius 3 is 2.69 bits per heavy atom. The van der Waals surface area contributed by atoms with Crippen LogP contribution >= 0.6 is 0 Å². The summed E-state index contributed by atoms with van der Waals surface area (Å²) in [6.45, 7) is 1.91. The van der Waals surface area contributed by atoms with Gasteiger partial charge in [-0.3, -0.25) is 9.78 Å². The summed E-state index contributed by atoms with van der Waals surface area (Å²) in [6.07, 6.45) is 3.20. The molecular weight excluding hydrogens is 371 g/mol. The second kappa shape index (κ2) is 7.35.